The molecule has 3 aromatic rings. The van der Waals surface area contributed by atoms with E-state index in [0.717, 1.165) is 28.0 Å². The van der Waals surface area contributed by atoms with Crippen LogP contribution in [0.3, 0.4) is 0 Å². The maximum Gasteiger partial charge on any atom is 0.410 e. The molecule has 180 valence electrons. The molecule has 3 heterocycles. The highest BCUT2D eigenvalue weighted by atomic mass is 35.5. The number of nitrogens with zero attached hydrogens (tertiary/aromatic N) is 5. The Morgan fingerprint density at radius 1 is 1.26 bits per heavy atom. The van der Waals surface area contributed by atoms with Gasteiger partial charge in [-0.15, -0.1) is 0 Å². The van der Waals surface area contributed by atoms with Gasteiger partial charge in [-0.1, -0.05) is 35.3 Å². The van der Waals surface area contributed by atoms with E-state index >= 15 is 0 Å². The molecule has 7 nitrogen and oxygen atoms in total. The first-order valence-electron chi connectivity index (χ1n) is 11.3. The molecule has 2 aromatic heterocycles. The van der Waals surface area contributed by atoms with E-state index in [9.17, 15) is 4.79 Å². The van der Waals surface area contributed by atoms with Gasteiger partial charge in [-0.25, -0.2) is 19.4 Å². The highest BCUT2D eigenvalue weighted by Crippen LogP contribution is 2.32. The topological polar surface area (TPSA) is 73.1 Å². The van der Waals surface area contributed by atoms with Crippen LogP contribution in [0.5, 0.6) is 0 Å². The monoisotopic (exact) mass is 501 g/mol. The fraction of sp³-hybridized carbons (Fsp3) is 0.440. The third-order valence-electron chi connectivity index (χ3n) is 5.89. The smallest absolute Gasteiger partial charge is 0.410 e. The Morgan fingerprint density at radius 3 is 2.65 bits per heavy atom. The van der Waals surface area contributed by atoms with E-state index in [1.807, 2.05) is 64.4 Å². The molecule has 34 heavy (non-hydrogen) atoms. The molecule has 9 heteroatoms. The predicted octanol–water partition coefficient (Wildman–Crippen LogP) is 6.46. The quantitative estimate of drug-likeness (QED) is 0.411. The lowest BCUT2D eigenvalue weighted by Crippen LogP contribution is -2.44. The second-order valence-corrected chi connectivity index (χ2v) is 10.6. The lowest BCUT2D eigenvalue weighted by molar-refractivity contribution is 0.0198. The fourth-order valence-electron chi connectivity index (χ4n) is 4.13. The van der Waals surface area contributed by atoms with E-state index in [0.29, 0.717) is 28.7 Å². The summed E-state index contributed by atoms with van der Waals surface area (Å²) in [7, 11) is 0. The van der Waals surface area contributed by atoms with Crippen LogP contribution in [-0.4, -0.2) is 48.9 Å². The van der Waals surface area contributed by atoms with Crippen molar-refractivity contribution < 1.29 is 9.53 Å². The molecule has 1 aromatic carbocycles. The molecule has 1 aliphatic rings. The second kappa shape index (κ2) is 9.19. The van der Waals surface area contributed by atoms with Gasteiger partial charge in [0.25, 0.3) is 0 Å². The second-order valence-electron chi connectivity index (χ2n) is 9.71. The molecule has 0 saturated heterocycles. The Kier molecular flexibility index (Phi) is 6.62. The summed E-state index contributed by atoms with van der Waals surface area (Å²) in [5.41, 5.74) is 4.44. The SMILES string of the molecule is Cc1nn(C(C)c2ccc(Cl)cc2Cl)c2nc(C3=CCN(C(=O)OC(C)(C)C)C(C)C3)cnc12. The molecule has 0 fully saturated rings. The predicted molar refractivity (Wildman–Crippen MR) is 135 cm³/mol. The Morgan fingerprint density at radius 2 is 2.00 bits per heavy atom. The molecule has 0 bridgehead atoms. The van der Waals surface area contributed by atoms with Crippen LogP contribution in [0.2, 0.25) is 10.0 Å². The van der Waals surface area contributed by atoms with Crippen LogP contribution in [0.15, 0.2) is 30.5 Å². The molecule has 0 N–H and O–H groups in total. The zero-order chi connectivity index (χ0) is 24.8. The highest BCUT2D eigenvalue weighted by molar-refractivity contribution is 6.35. The number of fused-ring (bicyclic) bond motifs is 1. The fourth-order valence-corrected chi connectivity index (χ4v) is 4.70. The minimum absolute atomic E-state index is 0.0224. The van der Waals surface area contributed by atoms with Gasteiger partial charge in [0.1, 0.15) is 11.1 Å². The van der Waals surface area contributed by atoms with Gasteiger partial charge in [-0.3, -0.25) is 0 Å². The van der Waals surface area contributed by atoms with Gasteiger partial charge in [-0.2, -0.15) is 5.10 Å². The van der Waals surface area contributed by atoms with Crippen molar-refractivity contribution in [1.82, 2.24) is 24.6 Å². The van der Waals surface area contributed by atoms with Gasteiger partial charge in [0.05, 0.1) is 23.6 Å². The van der Waals surface area contributed by atoms with Crippen molar-refractivity contribution in [2.45, 2.75) is 65.6 Å². The zero-order valence-corrected chi connectivity index (χ0v) is 21.8. The summed E-state index contributed by atoms with van der Waals surface area (Å²) < 4.78 is 7.41. The first-order valence-corrected chi connectivity index (χ1v) is 12.1. The molecule has 4 rings (SSSR count). The summed E-state index contributed by atoms with van der Waals surface area (Å²) in [5.74, 6) is 0. The number of amides is 1. The van der Waals surface area contributed by atoms with Crippen LogP contribution in [0.4, 0.5) is 4.79 Å². The van der Waals surface area contributed by atoms with Gasteiger partial charge >= 0.3 is 6.09 Å². The Labute approximate surface area is 209 Å². The van der Waals surface area contributed by atoms with Crippen LogP contribution < -0.4 is 0 Å². The maximum absolute atomic E-state index is 12.6. The molecule has 0 aliphatic carbocycles. The van der Waals surface area contributed by atoms with Crippen molar-refractivity contribution >= 4 is 46.0 Å². The third-order valence-corrected chi connectivity index (χ3v) is 6.45. The van der Waals surface area contributed by atoms with Crippen LogP contribution in [0.25, 0.3) is 16.7 Å². The summed E-state index contributed by atoms with van der Waals surface area (Å²) in [6, 6.07) is 5.28. The molecular weight excluding hydrogens is 473 g/mol. The van der Waals surface area contributed by atoms with Gasteiger partial charge in [0.2, 0.25) is 0 Å². The summed E-state index contributed by atoms with van der Waals surface area (Å²) in [5, 5.41) is 5.88. The van der Waals surface area contributed by atoms with Crippen molar-refractivity contribution in [1.29, 1.82) is 0 Å². The van der Waals surface area contributed by atoms with Crippen molar-refractivity contribution in [2.24, 2.45) is 0 Å². The number of rotatable bonds is 3. The van der Waals surface area contributed by atoms with E-state index in [1.165, 1.54) is 0 Å². The molecule has 2 atom stereocenters. The van der Waals surface area contributed by atoms with Gasteiger partial charge < -0.3 is 9.64 Å². The van der Waals surface area contributed by atoms with E-state index in [4.69, 9.17) is 38.0 Å². The lowest BCUT2D eigenvalue weighted by Gasteiger charge is -2.34. The third kappa shape index (κ3) is 4.91. The van der Waals surface area contributed by atoms with Crippen LogP contribution in [0.1, 0.15) is 64.0 Å². The normalized spacial score (nSPS) is 17.6. The minimum atomic E-state index is -0.531. The van der Waals surface area contributed by atoms with Crippen LogP contribution >= 0.6 is 23.2 Å². The number of ether oxygens (including phenoxy) is 1. The van der Waals surface area contributed by atoms with Crippen LogP contribution in [0, 0.1) is 6.92 Å². The van der Waals surface area contributed by atoms with Gasteiger partial charge in [0.15, 0.2) is 5.65 Å². The number of carbonyl (C=O) groups excluding carboxylic acids is 1. The number of aryl methyl sites for hydroxylation is 1. The average Bonchev–Trinajstić information content (AvgIpc) is 3.08. The molecule has 0 saturated carbocycles. The van der Waals surface area contributed by atoms with E-state index in [1.54, 1.807) is 17.2 Å². The average molecular weight is 502 g/mol. The number of carbonyl (C=O) groups is 1. The Balaban J connectivity index is 1.66. The zero-order valence-electron chi connectivity index (χ0n) is 20.3. The number of hydrogen-bond acceptors (Lipinski definition) is 5. The van der Waals surface area contributed by atoms with Crippen molar-refractivity contribution in [2.75, 3.05) is 6.54 Å². The van der Waals surface area contributed by atoms with Gasteiger partial charge in [-0.05, 0) is 71.2 Å². The first kappa shape index (κ1) is 24.5. The summed E-state index contributed by atoms with van der Waals surface area (Å²) in [6.07, 6.45) is 4.15. The summed E-state index contributed by atoms with van der Waals surface area (Å²) in [6.45, 7) is 12.0. The standard InChI is InChI=1S/C25H29Cl2N5O2/c1-14-11-17(9-10-31(14)24(33)34-25(4,5)6)21-13-28-22-15(2)30-32(23(22)29-21)16(3)19-8-7-18(26)12-20(19)27/h7-9,12-14,16H,10-11H2,1-6H3. The lowest BCUT2D eigenvalue weighted by atomic mass is 9.99. The van der Waals surface area contributed by atoms with E-state index < -0.39 is 5.60 Å². The van der Waals surface area contributed by atoms with Crippen LogP contribution in [-0.2, 0) is 4.74 Å². The van der Waals surface area contributed by atoms with Gasteiger partial charge in [0, 0.05) is 22.6 Å². The van der Waals surface area contributed by atoms with Crippen molar-refractivity contribution in [3.8, 4) is 0 Å². The Bertz CT molecular complexity index is 1280. The number of hydrogen-bond donors (Lipinski definition) is 0. The molecular formula is C25H29Cl2N5O2. The maximum atomic E-state index is 12.6. The van der Waals surface area contributed by atoms with Crippen molar-refractivity contribution in [3.63, 3.8) is 0 Å². The number of aromatic nitrogens is 4. The summed E-state index contributed by atoms with van der Waals surface area (Å²) in [4.78, 5) is 23.9. The molecule has 1 aliphatic heterocycles. The van der Waals surface area contributed by atoms with Crippen molar-refractivity contribution in [3.05, 3.63) is 57.5 Å². The van der Waals surface area contributed by atoms with E-state index in [2.05, 4.69) is 4.98 Å². The highest BCUT2D eigenvalue weighted by Gasteiger charge is 2.29. The largest absolute Gasteiger partial charge is 0.444 e. The first-order chi connectivity index (χ1) is 15.9. The Hall–Kier alpha value is -2.64. The minimum Gasteiger partial charge on any atom is -0.444 e. The number of halogens is 2. The molecule has 0 spiro atoms. The van der Waals surface area contributed by atoms with E-state index in [-0.39, 0.29) is 18.2 Å². The summed E-state index contributed by atoms with van der Waals surface area (Å²) >= 11 is 12.5. The molecule has 2 unspecified atom stereocenters. The molecule has 1 amide bonds. The molecule has 0 radical (unpaired) electrons. The number of benzene rings is 1.